The summed E-state index contributed by atoms with van der Waals surface area (Å²) in [7, 11) is 0. The average Bonchev–Trinajstić information content (AvgIpc) is 3.07. The first kappa shape index (κ1) is 16.4. The molecule has 0 unspecified atom stereocenters. The van der Waals surface area contributed by atoms with Crippen LogP contribution in [0.15, 0.2) is 11.6 Å². The monoisotopic (exact) mass is 350 g/mol. The van der Waals surface area contributed by atoms with Crippen LogP contribution >= 0.6 is 11.3 Å². The van der Waals surface area contributed by atoms with E-state index in [1.54, 1.807) is 6.20 Å². The number of amides is 1. The Morgan fingerprint density at radius 2 is 2.04 bits per heavy atom. The van der Waals surface area contributed by atoms with E-state index in [1.807, 2.05) is 5.38 Å². The Balaban J connectivity index is 1.36. The number of rotatable bonds is 4. The Kier molecular flexibility index (Phi) is 5.12. The Morgan fingerprint density at radius 1 is 1.29 bits per heavy atom. The lowest BCUT2D eigenvalue weighted by molar-refractivity contribution is -0.119. The predicted molar refractivity (Wildman–Crippen MR) is 94.2 cm³/mol. The first-order valence-corrected chi connectivity index (χ1v) is 9.91. The highest BCUT2D eigenvalue weighted by Gasteiger charge is 2.42. The first-order chi connectivity index (χ1) is 11.8. The summed E-state index contributed by atoms with van der Waals surface area (Å²) in [5.41, 5.74) is 0. The fraction of sp³-hybridized carbons (Fsp3) is 0.765. The molecule has 1 aromatic rings. The number of nitrogens with zero attached hydrogens (tertiary/aromatic N) is 3. The van der Waals surface area contributed by atoms with Crippen LogP contribution in [-0.4, -0.2) is 72.7 Å². The average molecular weight is 350 g/mol. The first-order valence-electron chi connectivity index (χ1n) is 9.03. The molecule has 24 heavy (non-hydrogen) atoms. The lowest BCUT2D eigenvalue weighted by Crippen LogP contribution is -2.60. The molecule has 1 amide bonds. The SMILES string of the molecule is O=C(CN1C[C@@H]2CCC[C@@H](C1)C2N1CCOCC1)Nc1nccs1. The summed E-state index contributed by atoms with van der Waals surface area (Å²) in [6.07, 6.45) is 5.65. The molecule has 1 N–H and O–H groups in total. The van der Waals surface area contributed by atoms with Gasteiger partial charge >= 0.3 is 0 Å². The second-order valence-corrected chi connectivity index (χ2v) is 8.06. The number of anilines is 1. The maximum atomic E-state index is 12.3. The Bertz CT molecular complexity index is 533. The number of morpholine rings is 1. The van der Waals surface area contributed by atoms with E-state index in [4.69, 9.17) is 4.74 Å². The molecule has 1 saturated carbocycles. The number of piperidine rings is 1. The molecule has 2 saturated heterocycles. The number of hydrogen-bond donors (Lipinski definition) is 1. The summed E-state index contributed by atoms with van der Waals surface area (Å²) in [5, 5.41) is 5.49. The summed E-state index contributed by atoms with van der Waals surface area (Å²) in [4.78, 5) is 21.4. The molecule has 2 bridgehead atoms. The Labute approximate surface area is 147 Å². The van der Waals surface area contributed by atoms with Gasteiger partial charge in [-0.2, -0.15) is 0 Å². The minimum atomic E-state index is 0.0628. The van der Waals surface area contributed by atoms with E-state index in [2.05, 4.69) is 20.1 Å². The van der Waals surface area contributed by atoms with Gasteiger partial charge in [0.25, 0.3) is 0 Å². The normalized spacial score (nSPS) is 31.8. The van der Waals surface area contributed by atoms with E-state index in [0.717, 1.165) is 39.4 Å². The number of carbonyl (C=O) groups excluding carboxylic acids is 1. The molecule has 4 rings (SSSR count). The van der Waals surface area contributed by atoms with Gasteiger partial charge in [0.2, 0.25) is 5.91 Å². The van der Waals surface area contributed by atoms with E-state index in [0.29, 0.717) is 29.6 Å². The highest BCUT2D eigenvalue weighted by molar-refractivity contribution is 7.13. The van der Waals surface area contributed by atoms with Gasteiger partial charge in [-0.05, 0) is 24.7 Å². The molecule has 7 heteroatoms. The van der Waals surface area contributed by atoms with Gasteiger partial charge in [0, 0.05) is 43.8 Å². The van der Waals surface area contributed by atoms with Crippen LogP contribution in [-0.2, 0) is 9.53 Å². The zero-order chi connectivity index (χ0) is 16.4. The zero-order valence-corrected chi connectivity index (χ0v) is 14.8. The molecular formula is C17H26N4O2S. The van der Waals surface area contributed by atoms with Crippen LogP contribution in [0.1, 0.15) is 19.3 Å². The van der Waals surface area contributed by atoms with Crippen molar-refractivity contribution in [3.05, 3.63) is 11.6 Å². The highest BCUT2D eigenvalue weighted by atomic mass is 32.1. The topological polar surface area (TPSA) is 57.7 Å². The number of aromatic nitrogens is 1. The number of hydrogen-bond acceptors (Lipinski definition) is 6. The van der Waals surface area contributed by atoms with E-state index < -0.39 is 0 Å². The van der Waals surface area contributed by atoms with Gasteiger partial charge in [0.15, 0.2) is 5.13 Å². The maximum Gasteiger partial charge on any atom is 0.240 e. The number of likely N-dealkylation sites (tertiary alicyclic amines) is 1. The van der Waals surface area contributed by atoms with Crippen LogP contribution in [0.2, 0.25) is 0 Å². The third kappa shape index (κ3) is 3.64. The van der Waals surface area contributed by atoms with Crippen LogP contribution in [0.25, 0.3) is 0 Å². The smallest absolute Gasteiger partial charge is 0.240 e. The lowest BCUT2D eigenvalue weighted by Gasteiger charge is -2.52. The van der Waals surface area contributed by atoms with Crippen LogP contribution in [0.4, 0.5) is 5.13 Å². The van der Waals surface area contributed by atoms with Crippen molar-refractivity contribution in [1.82, 2.24) is 14.8 Å². The van der Waals surface area contributed by atoms with Crippen molar-refractivity contribution < 1.29 is 9.53 Å². The van der Waals surface area contributed by atoms with Crippen molar-refractivity contribution in [3.63, 3.8) is 0 Å². The number of thiazole rings is 1. The molecule has 132 valence electrons. The fourth-order valence-electron chi connectivity index (χ4n) is 4.75. The van der Waals surface area contributed by atoms with E-state index >= 15 is 0 Å². The van der Waals surface area contributed by atoms with Crippen molar-refractivity contribution in [2.45, 2.75) is 25.3 Å². The summed E-state index contributed by atoms with van der Waals surface area (Å²) in [6.45, 7) is 6.46. The lowest BCUT2D eigenvalue weighted by atomic mass is 9.72. The van der Waals surface area contributed by atoms with Crippen molar-refractivity contribution in [3.8, 4) is 0 Å². The Morgan fingerprint density at radius 3 is 2.71 bits per heavy atom. The second-order valence-electron chi connectivity index (χ2n) is 7.17. The molecule has 2 atom stereocenters. The van der Waals surface area contributed by atoms with Gasteiger partial charge in [-0.3, -0.25) is 14.6 Å². The van der Waals surface area contributed by atoms with Crippen molar-refractivity contribution in [2.75, 3.05) is 51.3 Å². The Hall–Kier alpha value is -1.02. The third-order valence-electron chi connectivity index (χ3n) is 5.61. The quantitative estimate of drug-likeness (QED) is 0.892. The maximum absolute atomic E-state index is 12.3. The standard InChI is InChI=1S/C17H26N4O2S/c22-15(19-17-18-4-9-24-17)12-20-10-13-2-1-3-14(11-20)16(13)21-5-7-23-8-6-21/h4,9,13-14,16H,1-3,5-8,10-12H2,(H,18,19,22)/t13-,14-/m0/s1. The number of fused-ring (bicyclic) bond motifs is 2. The van der Waals surface area contributed by atoms with Gasteiger partial charge < -0.3 is 10.1 Å². The molecule has 0 spiro atoms. The van der Waals surface area contributed by atoms with Gasteiger partial charge in [-0.25, -0.2) is 4.98 Å². The predicted octanol–water partition coefficient (Wildman–Crippen LogP) is 1.51. The highest BCUT2D eigenvalue weighted by Crippen LogP contribution is 2.38. The molecule has 2 aliphatic heterocycles. The molecule has 3 heterocycles. The number of carbonyl (C=O) groups is 1. The van der Waals surface area contributed by atoms with Crippen LogP contribution in [0.5, 0.6) is 0 Å². The van der Waals surface area contributed by atoms with Crippen LogP contribution in [0, 0.1) is 11.8 Å². The van der Waals surface area contributed by atoms with Crippen molar-refractivity contribution in [2.24, 2.45) is 11.8 Å². The number of nitrogens with one attached hydrogen (secondary N) is 1. The molecule has 6 nitrogen and oxygen atoms in total. The van der Waals surface area contributed by atoms with Gasteiger partial charge in [-0.15, -0.1) is 11.3 Å². The summed E-state index contributed by atoms with van der Waals surface area (Å²) in [5.74, 6) is 1.46. The van der Waals surface area contributed by atoms with Gasteiger partial charge in [-0.1, -0.05) is 6.42 Å². The minimum absolute atomic E-state index is 0.0628. The molecular weight excluding hydrogens is 324 g/mol. The van der Waals surface area contributed by atoms with Crippen LogP contribution < -0.4 is 5.32 Å². The molecule has 3 aliphatic rings. The molecule has 1 aromatic heterocycles. The summed E-state index contributed by atoms with van der Waals surface area (Å²) >= 11 is 1.47. The summed E-state index contributed by atoms with van der Waals surface area (Å²) in [6, 6.07) is 0.695. The largest absolute Gasteiger partial charge is 0.379 e. The fourth-order valence-corrected chi connectivity index (χ4v) is 5.30. The van der Waals surface area contributed by atoms with Crippen molar-refractivity contribution >= 4 is 22.4 Å². The third-order valence-corrected chi connectivity index (χ3v) is 6.30. The van der Waals surface area contributed by atoms with Gasteiger partial charge in [0.05, 0.1) is 19.8 Å². The minimum Gasteiger partial charge on any atom is -0.379 e. The van der Waals surface area contributed by atoms with E-state index in [9.17, 15) is 4.79 Å². The molecule has 1 aliphatic carbocycles. The molecule has 3 fully saturated rings. The molecule has 0 aromatic carbocycles. The van der Waals surface area contributed by atoms with Crippen LogP contribution in [0.3, 0.4) is 0 Å². The second kappa shape index (κ2) is 7.47. The summed E-state index contributed by atoms with van der Waals surface area (Å²) < 4.78 is 5.53. The number of ether oxygens (including phenoxy) is 1. The van der Waals surface area contributed by atoms with E-state index in [-0.39, 0.29) is 5.91 Å². The van der Waals surface area contributed by atoms with E-state index in [1.165, 1.54) is 30.6 Å². The zero-order valence-electron chi connectivity index (χ0n) is 14.0. The van der Waals surface area contributed by atoms with Gasteiger partial charge in [0.1, 0.15) is 0 Å². The van der Waals surface area contributed by atoms with Crippen molar-refractivity contribution in [1.29, 1.82) is 0 Å². The molecule has 0 radical (unpaired) electrons.